The first-order valence-electron chi connectivity index (χ1n) is 9.62. The Labute approximate surface area is 168 Å². The van der Waals surface area contributed by atoms with E-state index in [-0.39, 0.29) is 23.9 Å². The number of halogens is 1. The average Bonchev–Trinajstić information content (AvgIpc) is 2.98. The van der Waals surface area contributed by atoms with Gasteiger partial charge >= 0.3 is 0 Å². The number of hydrogen-bond donors (Lipinski definition) is 0. The van der Waals surface area contributed by atoms with Crippen LogP contribution in [0.5, 0.6) is 0 Å². The van der Waals surface area contributed by atoms with Gasteiger partial charge in [-0.1, -0.05) is 12.5 Å². The maximum atomic E-state index is 13.4. The highest BCUT2D eigenvalue weighted by Gasteiger charge is 2.31. The van der Waals surface area contributed by atoms with Crippen molar-refractivity contribution >= 4 is 27.3 Å². The van der Waals surface area contributed by atoms with Gasteiger partial charge in [0.15, 0.2) is 0 Å². The van der Waals surface area contributed by atoms with Crippen LogP contribution in [0, 0.1) is 5.82 Å². The first-order chi connectivity index (χ1) is 13.4. The van der Waals surface area contributed by atoms with Crippen LogP contribution in [0.25, 0.3) is 0 Å². The summed E-state index contributed by atoms with van der Waals surface area (Å²) in [5.41, 5.74) is 1.30. The molecule has 8 heteroatoms. The third-order valence-corrected chi connectivity index (χ3v) is 8.54. The topological polar surface area (TPSA) is 57.7 Å². The molecule has 150 valence electrons. The van der Waals surface area contributed by atoms with Crippen LogP contribution in [0.15, 0.2) is 35.2 Å². The number of amides is 1. The molecule has 5 nitrogen and oxygen atoms in total. The third-order valence-electron chi connectivity index (χ3n) is 5.42. The Bertz CT molecular complexity index is 956. The second-order valence-corrected chi connectivity index (χ2v) is 10.3. The largest absolute Gasteiger partial charge is 0.335 e. The number of sulfonamides is 1. The summed E-state index contributed by atoms with van der Waals surface area (Å²) >= 11 is 1.59. The predicted octanol–water partition coefficient (Wildman–Crippen LogP) is 3.30. The first-order valence-corrected chi connectivity index (χ1v) is 11.9. The number of piperazine rings is 1. The smallest absolute Gasteiger partial charge is 0.264 e. The maximum absolute atomic E-state index is 13.4. The Morgan fingerprint density at radius 3 is 2.50 bits per heavy atom. The van der Waals surface area contributed by atoms with Gasteiger partial charge in [-0.15, -0.1) is 11.3 Å². The molecule has 1 amide bonds. The lowest BCUT2D eigenvalue weighted by molar-refractivity contribution is 0.0702. The number of hydrogen-bond acceptors (Lipinski definition) is 4. The van der Waals surface area contributed by atoms with E-state index < -0.39 is 15.8 Å². The molecule has 2 heterocycles. The van der Waals surface area contributed by atoms with Gasteiger partial charge in [0.05, 0.1) is 9.77 Å². The van der Waals surface area contributed by atoms with Crippen LogP contribution in [0.2, 0.25) is 0 Å². The van der Waals surface area contributed by atoms with Gasteiger partial charge in [-0.05, 0) is 55.5 Å². The van der Waals surface area contributed by atoms with E-state index in [4.69, 9.17) is 0 Å². The lowest BCUT2D eigenvalue weighted by Crippen LogP contribution is -2.50. The molecule has 0 N–H and O–H groups in total. The summed E-state index contributed by atoms with van der Waals surface area (Å²) in [6.07, 6.45) is 5.68. The molecule has 0 radical (unpaired) electrons. The van der Waals surface area contributed by atoms with Crippen LogP contribution in [0.1, 0.15) is 39.4 Å². The van der Waals surface area contributed by atoms with Gasteiger partial charge in [0.2, 0.25) is 10.0 Å². The lowest BCUT2D eigenvalue weighted by Gasteiger charge is -2.33. The van der Waals surface area contributed by atoms with E-state index in [0.29, 0.717) is 13.1 Å². The molecule has 1 aromatic carbocycles. The van der Waals surface area contributed by atoms with Crippen molar-refractivity contribution < 1.29 is 17.6 Å². The highest BCUT2D eigenvalue weighted by atomic mass is 32.2. The van der Waals surface area contributed by atoms with E-state index in [9.17, 15) is 17.6 Å². The zero-order chi connectivity index (χ0) is 19.7. The summed E-state index contributed by atoms with van der Waals surface area (Å²) < 4.78 is 40.2. The molecule has 1 aromatic heterocycles. The molecule has 0 unspecified atom stereocenters. The number of benzene rings is 1. The molecular formula is C20H23FN2O3S2. The number of carbonyl (C=O) groups excluding carboxylic acids is 1. The third kappa shape index (κ3) is 3.86. The quantitative estimate of drug-likeness (QED) is 0.713. The highest BCUT2D eigenvalue weighted by molar-refractivity contribution is 7.89. The SMILES string of the molecule is O=C(c1cc2c(s1)CCCCC2)N1CCN(S(=O)(=O)c2cccc(F)c2)CC1. The summed E-state index contributed by atoms with van der Waals surface area (Å²) in [4.78, 5) is 16.7. The van der Waals surface area contributed by atoms with E-state index >= 15 is 0 Å². The van der Waals surface area contributed by atoms with Crippen LogP contribution in [0.3, 0.4) is 0 Å². The van der Waals surface area contributed by atoms with Gasteiger partial charge in [-0.2, -0.15) is 4.31 Å². The highest BCUT2D eigenvalue weighted by Crippen LogP contribution is 2.30. The minimum Gasteiger partial charge on any atom is -0.335 e. The number of nitrogens with zero attached hydrogens (tertiary/aromatic N) is 2. The molecule has 0 spiro atoms. The lowest BCUT2D eigenvalue weighted by atomic mass is 10.1. The van der Waals surface area contributed by atoms with E-state index in [0.717, 1.165) is 23.8 Å². The Morgan fingerprint density at radius 1 is 1.00 bits per heavy atom. The van der Waals surface area contributed by atoms with Crippen molar-refractivity contribution in [1.29, 1.82) is 0 Å². The molecule has 2 aliphatic rings. The Balaban J connectivity index is 1.43. The van der Waals surface area contributed by atoms with E-state index in [1.807, 2.05) is 6.07 Å². The maximum Gasteiger partial charge on any atom is 0.264 e. The summed E-state index contributed by atoms with van der Waals surface area (Å²) in [5.74, 6) is -0.590. The van der Waals surface area contributed by atoms with Crippen LogP contribution in [-0.4, -0.2) is 49.7 Å². The Morgan fingerprint density at radius 2 is 1.75 bits per heavy atom. The molecule has 0 bridgehead atoms. The minimum absolute atomic E-state index is 0.0131. The normalized spacial score (nSPS) is 18.5. The molecule has 2 aromatic rings. The van der Waals surface area contributed by atoms with Gasteiger partial charge in [-0.3, -0.25) is 4.79 Å². The zero-order valence-corrected chi connectivity index (χ0v) is 17.2. The molecule has 1 fully saturated rings. The number of thiophene rings is 1. The van der Waals surface area contributed by atoms with E-state index in [1.165, 1.54) is 52.2 Å². The number of fused-ring (bicyclic) bond motifs is 1. The summed E-state index contributed by atoms with van der Waals surface area (Å²) in [6, 6.07) is 7.07. The van der Waals surface area contributed by atoms with Crippen LogP contribution >= 0.6 is 11.3 Å². The van der Waals surface area contributed by atoms with Gasteiger partial charge in [-0.25, -0.2) is 12.8 Å². The van der Waals surface area contributed by atoms with Crippen molar-refractivity contribution in [3.05, 3.63) is 51.5 Å². The average molecular weight is 423 g/mol. The molecule has 1 saturated heterocycles. The molecule has 0 saturated carbocycles. The fourth-order valence-electron chi connectivity index (χ4n) is 3.84. The van der Waals surface area contributed by atoms with Crippen molar-refractivity contribution in [3.63, 3.8) is 0 Å². The molecule has 28 heavy (non-hydrogen) atoms. The summed E-state index contributed by atoms with van der Waals surface area (Å²) in [7, 11) is -3.75. The van der Waals surface area contributed by atoms with E-state index in [2.05, 4.69) is 0 Å². The zero-order valence-electron chi connectivity index (χ0n) is 15.6. The van der Waals surface area contributed by atoms with Crippen molar-refractivity contribution in [1.82, 2.24) is 9.21 Å². The van der Waals surface area contributed by atoms with E-state index in [1.54, 1.807) is 16.2 Å². The predicted molar refractivity (Wildman–Crippen MR) is 107 cm³/mol. The van der Waals surface area contributed by atoms with Gasteiger partial charge in [0.25, 0.3) is 5.91 Å². The summed E-state index contributed by atoms with van der Waals surface area (Å²) in [6.45, 7) is 1.12. The van der Waals surface area contributed by atoms with Crippen LogP contribution < -0.4 is 0 Å². The second kappa shape index (κ2) is 7.93. The monoisotopic (exact) mass is 422 g/mol. The van der Waals surface area contributed by atoms with Crippen molar-refractivity contribution in [2.24, 2.45) is 0 Å². The first kappa shape index (κ1) is 19.5. The van der Waals surface area contributed by atoms with Crippen molar-refractivity contribution in [2.45, 2.75) is 37.0 Å². The van der Waals surface area contributed by atoms with Crippen molar-refractivity contribution in [3.8, 4) is 0 Å². The van der Waals surface area contributed by atoms with Crippen LogP contribution in [-0.2, 0) is 22.9 Å². The van der Waals surface area contributed by atoms with Gasteiger partial charge in [0, 0.05) is 31.1 Å². The van der Waals surface area contributed by atoms with Gasteiger partial charge in [0.1, 0.15) is 5.82 Å². The molecule has 4 rings (SSSR count). The molecule has 0 atom stereocenters. The molecule has 1 aliphatic carbocycles. The fraction of sp³-hybridized carbons (Fsp3) is 0.450. The number of aryl methyl sites for hydroxylation is 2. The van der Waals surface area contributed by atoms with Gasteiger partial charge < -0.3 is 4.90 Å². The number of carbonyl (C=O) groups is 1. The summed E-state index contributed by atoms with van der Waals surface area (Å²) in [5, 5.41) is 0. The minimum atomic E-state index is -3.75. The standard InChI is InChI=1S/C20H23FN2O3S2/c21-16-6-4-7-17(14-16)28(25,26)23-11-9-22(10-12-23)20(24)19-13-15-5-2-1-3-8-18(15)27-19/h4,6-7,13-14H,1-3,5,8-12H2. The Hall–Kier alpha value is -1.77. The Kier molecular flexibility index (Phi) is 5.53. The second-order valence-electron chi connectivity index (χ2n) is 7.27. The van der Waals surface area contributed by atoms with Crippen LogP contribution in [0.4, 0.5) is 4.39 Å². The van der Waals surface area contributed by atoms with Crippen molar-refractivity contribution in [2.75, 3.05) is 26.2 Å². The molecule has 1 aliphatic heterocycles. The fourth-order valence-corrected chi connectivity index (χ4v) is 6.51. The molecular weight excluding hydrogens is 399 g/mol. The number of rotatable bonds is 3.